The molecule has 100 valence electrons. The lowest BCUT2D eigenvalue weighted by atomic mass is 10.2. The molecule has 0 aliphatic carbocycles. The van der Waals surface area contributed by atoms with Gasteiger partial charge in [0.1, 0.15) is 11.5 Å². The van der Waals surface area contributed by atoms with E-state index in [1.807, 2.05) is 12.1 Å². The Morgan fingerprint density at radius 3 is 2.32 bits per heavy atom. The predicted molar refractivity (Wildman–Crippen MR) is 79.6 cm³/mol. The number of hydrogen-bond donors (Lipinski definition) is 0. The van der Waals surface area contributed by atoms with Gasteiger partial charge in [-0.05, 0) is 49.2 Å². The standard InChI is InChI=1S/C16H18O2S/c1-11-5-8-14(18-4)16(9-11)19-15-10-13(17-3)7-6-12(15)2/h5-10H,1-4H3. The van der Waals surface area contributed by atoms with Gasteiger partial charge in [0, 0.05) is 4.90 Å². The van der Waals surface area contributed by atoms with E-state index in [-0.39, 0.29) is 0 Å². The summed E-state index contributed by atoms with van der Waals surface area (Å²) in [6, 6.07) is 12.3. The van der Waals surface area contributed by atoms with E-state index in [1.165, 1.54) is 16.0 Å². The van der Waals surface area contributed by atoms with Crippen LogP contribution in [0.15, 0.2) is 46.2 Å². The topological polar surface area (TPSA) is 18.5 Å². The van der Waals surface area contributed by atoms with Crippen LogP contribution in [0.1, 0.15) is 11.1 Å². The Morgan fingerprint density at radius 1 is 0.842 bits per heavy atom. The van der Waals surface area contributed by atoms with Crippen LogP contribution in [0, 0.1) is 13.8 Å². The second kappa shape index (κ2) is 6.02. The molecule has 0 saturated carbocycles. The fraction of sp³-hybridized carbons (Fsp3) is 0.250. The highest BCUT2D eigenvalue weighted by Crippen LogP contribution is 2.38. The average Bonchev–Trinajstić information content (AvgIpc) is 2.41. The van der Waals surface area contributed by atoms with Crippen LogP contribution in [0.4, 0.5) is 0 Å². The Hall–Kier alpha value is -1.61. The maximum atomic E-state index is 5.42. The lowest BCUT2D eigenvalue weighted by Gasteiger charge is -2.11. The van der Waals surface area contributed by atoms with Gasteiger partial charge >= 0.3 is 0 Å². The van der Waals surface area contributed by atoms with Crippen LogP contribution in [-0.4, -0.2) is 14.2 Å². The molecule has 0 amide bonds. The van der Waals surface area contributed by atoms with Crippen molar-refractivity contribution < 1.29 is 9.47 Å². The number of methoxy groups -OCH3 is 2. The molecule has 2 aromatic carbocycles. The Bertz CT molecular complexity index is 579. The van der Waals surface area contributed by atoms with Crippen molar-refractivity contribution in [3.8, 4) is 11.5 Å². The van der Waals surface area contributed by atoms with E-state index in [0.717, 1.165) is 16.4 Å². The first kappa shape index (κ1) is 13.8. The third-order valence-electron chi connectivity index (χ3n) is 2.93. The van der Waals surface area contributed by atoms with Gasteiger partial charge in [-0.15, -0.1) is 0 Å². The molecule has 0 fully saturated rings. The van der Waals surface area contributed by atoms with Gasteiger partial charge in [0.2, 0.25) is 0 Å². The van der Waals surface area contributed by atoms with Crippen LogP contribution in [0.3, 0.4) is 0 Å². The van der Waals surface area contributed by atoms with Gasteiger partial charge in [-0.25, -0.2) is 0 Å². The first-order chi connectivity index (χ1) is 9.13. The predicted octanol–water partition coefficient (Wildman–Crippen LogP) is 4.47. The van der Waals surface area contributed by atoms with Gasteiger partial charge in [0.05, 0.1) is 19.1 Å². The van der Waals surface area contributed by atoms with Gasteiger partial charge in [-0.3, -0.25) is 0 Å². The van der Waals surface area contributed by atoms with Crippen molar-refractivity contribution in [2.75, 3.05) is 14.2 Å². The monoisotopic (exact) mass is 274 g/mol. The minimum absolute atomic E-state index is 0.875. The van der Waals surface area contributed by atoms with Crippen LogP contribution < -0.4 is 9.47 Å². The molecular formula is C16H18O2S. The molecule has 0 radical (unpaired) electrons. The second-order valence-electron chi connectivity index (χ2n) is 4.39. The molecule has 0 atom stereocenters. The minimum atomic E-state index is 0.875. The Morgan fingerprint density at radius 2 is 1.63 bits per heavy atom. The smallest absolute Gasteiger partial charge is 0.132 e. The Kier molecular flexibility index (Phi) is 4.38. The second-order valence-corrected chi connectivity index (χ2v) is 5.47. The van der Waals surface area contributed by atoms with Crippen molar-refractivity contribution in [2.24, 2.45) is 0 Å². The van der Waals surface area contributed by atoms with Crippen LogP contribution in [-0.2, 0) is 0 Å². The SMILES string of the molecule is COc1ccc(C)c(Sc2cc(C)ccc2OC)c1. The summed E-state index contributed by atoms with van der Waals surface area (Å²) in [5, 5.41) is 0. The molecule has 3 heteroatoms. The third kappa shape index (κ3) is 3.24. The van der Waals surface area contributed by atoms with Crippen LogP contribution in [0.5, 0.6) is 11.5 Å². The van der Waals surface area contributed by atoms with Crippen LogP contribution in [0.25, 0.3) is 0 Å². The summed E-state index contributed by atoms with van der Waals surface area (Å²) in [6.45, 7) is 4.19. The van der Waals surface area contributed by atoms with E-state index in [1.54, 1.807) is 26.0 Å². The van der Waals surface area contributed by atoms with E-state index in [2.05, 4.69) is 38.1 Å². The normalized spacial score (nSPS) is 10.3. The molecule has 2 rings (SSSR count). The first-order valence-electron chi connectivity index (χ1n) is 6.11. The quantitative estimate of drug-likeness (QED) is 0.819. The van der Waals surface area contributed by atoms with Gasteiger partial charge < -0.3 is 9.47 Å². The maximum absolute atomic E-state index is 5.42. The number of ether oxygens (including phenoxy) is 2. The van der Waals surface area contributed by atoms with Crippen molar-refractivity contribution in [3.05, 3.63) is 47.5 Å². The lowest BCUT2D eigenvalue weighted by molar-refractivity contribution is 0.404. The van der Waals surface area contributed by atoms with E-state index in [0.29, 0.717) is 0 Å². The van der Waals surface area contributed by atoms with Crippen molar-refractivity contribution in [1.29, 1.82) is 0 Å². The number of rotatable bonds is 4. The molecule has 0 aliphatic rings. The van der Waals surface area contributed by atoms with E-state index >= 15 is 0 Å². The van der Waals surface area contributed by atoms with Crippen molar-refractivity contribution >= 4 is 11.8 Å². The Balaban J connectivity index is 2.37. The highest BCUT2D eigenvalue weighted by molar-refractivity contribution is 7.99. The summed E-state index contributed by atoms with van der Waals surface area (Å²) in [7, 11) is 3.39. The zero-order chi connectivity index (χ0) is 13.8. The zero-order valence-corrected chi connectivity index (χ0v) is 12.5. The summed E-state index contributed by atoms with van der Waals surface area (Å²) in [5.74, 6) is 1.78. The number of aryl methyl sites for hydroxylation is 2. The molecule has 0 spiro atoms. The van der Waals surface area contributed by atoms with Gasteiger partial charge in [0.15, 0.2) is 0 Å². The van der Waals surface area contributed by atoms with Crippen molar-refractivity contribution in [3.63, 3.8) is 0 Å². The lowest BCUT2D eigenvalue weighted by Crippen LogP contribution is -1.89. The van der Waals surface area contributed by atoms with Crippen molar-refractivity contribution in [2.45, 2.75) is 23.6 Å². The van der Waals surface area contributed by atoms with Crippen LogP contribution in [0.2, 0.25) is 0 Å². The average molecular weight is 274 g/mol. The van der Waals surface area contributed by atoms with Gasteiger partial charge in [0.25, 0.3) is 0 Å². The highest BCUT2D eigenvalue weighted by Gasteiger charge is 2.08. The molecule has 0 aromatic heterocycles. The first-order valence-corrected chi connectivity index (χ1v) is 6.93. The largest absolute Gasteiger partial charge is 0.497 e. The Labute approximate surface area is 118 Å². The van der Waals surface area contributed by atoms with E-state index in [4.69, 9.17) is 9.47 Å². The van der Waals surface area contributed by atoms with Crippen LogP contribution >= 0.6 is 11.8 Å². The fourth-order valence-electron chi connectivity index (χ4n) is 1.80. The molecule has 2 nitrogen and oxygen atoms in total. The highest BCUT2D eigenvalue weighted by atomic mass is 32.2. The summed E-state index contributed by atoms with van der Waals surface area (Å²) < 4.78 is 10.7. The maximum Gasteiger partial charge on any atom is 0.132 e. The van der Waals surface area contributed by atoms with Crippen molar-refractivity contribution in [1.82, 2.24) is 0 Å². The molecule has 0 bridgehead atoms. The molecule has 0 unspecified atom stereocenters. The summed E-state index contributed by atoms with van der Waals surface area (Å²) in [6.07, 6.45) is 0. The molecular weight excluding hydrogens is 256 g/mol. The zero-order valence-electron chi connectivity index (χ0n) is 11.7. The van der Waals surface area contributed by atoms with Gasteiger partial charge in [-0.2, -0.15) is 0 Å². The molecule has 0 saturated heterocycles. The summed E-state index contributed by atoms with van der Waals surface area (Å²) >= 11 is 1.70. The summed E-state index contributed by atoms with van der Waals surface area (Å²) in [4.78, 5) is 2.31. The molecule has 0 aliphatic heterocycles. The fourth-order valence-corrected chi connectivity index (χ4v) is 2.94. The molecule has 19 heavy (non-hydrogen) atoms. The molecule has 0 heterocycles. The van der Waals surface area contributed by atoms with E-state index < -0.39 is 0 Å². The molecule has 2 aromatic rings. The van der Waals surface area contributed by atoms with Gasteiger partial charge in [-0.1, -0.05) is 23.9 Å². The molecule has 0 N–H and O–H groups in total. The minimum Gasteiger partial charge on any atom is -0.497 e. The summed E-state index contributed by atoms with van der Waals surface area (Å²) in [5.41, 5.74) is 2.46. The third-order valence-corrected chi connectivity index (χ3v) is 4.13. The number of benzene rings is 2. The number of hydrogen-bond acceptors (Lipinski definition) is 3. The van der Waals surface area contributed by atoms with E-state index in [9.17, 15) is 0 Å².